The molecule has 0 saturated heterocycles. The van der Waals surface area contributed by atoms with E-state index in [1.807, 2.05) is 0 Å². The molecule has 0 radical (unpaired) electrons. The summed E-state index contributed by atoms with van der Waals surface area (Å²) in [6.07, 6.45) is 8.87. The molecular formula is C14H27NO. The van der Waals surface area contributed by atoms with E-state index >= 15 is 0 Å². The van der Waals surface area contributed by atoms with Crippen LogP contribution in [0.25, 0.3) is 0 Å². The zero-order chi connectivity index (χ0) is 11.6. The van der Waals surface area contributed by atoms with Crippen molar-refractivity contribution in [2.45, 2.75) is 77.5 Å². The smallest absolute Gasteiger partial charge is 0.0737 e. The molecule has 2 heteroatoms. The van der Waals surface area contributed by atoms with Crippen molar-refractivity contribution in [3.05, 3.63) is 0 Å². The molecule has 2 unspecified atom stereocenters. The fraction of sp³-hybridized carbons (Fsp3) is 1.00. The summed E-state index contributed by atoms with van der Waals surface area (Å²) < 4.78 is 6.27. The molecule has 0 aromatic carbocycles. The van der Waals surface area contributed by atoms with Crippen molar-refractivity contribution in [2.75, 3.05) is 6.54 Å². The van der Waals surface area contributed by atoms with E-state index in [-0.39, 0.29) is 0 Å². The van der Waals surface area contributed by atoms with Crippen molar-refractivity contribution in [3.63, 3.8) is 0 Å². The summed E-state index contributed by atoms with van der Waals surface area (Å²) in [7, 11) is 0. The minimum atomic E-state index is 0.392. The first-order valence-electron chi connectivity index (χ1n) is 7.02. The van der Waals surface area contributed by atoms with E-state index in [0.717, 1.165) is 6.54 Å². The fourth-order valence-corrected chi connectivity index (χ4v) is 3.11. The summed E-state index contributed by atoms with van der Waals surface area (Å²) in [5, 5.41) is 3.65. The third-order valence-corrected chi connectivity index (χ3v) is 4.37. The first-order valence-corrected chi connectivity index (χ1v) is 7.02. The molecule has 2 aliphatic rings. The zero-order valence-corrected chi connectivity index (χ0v) is 11.1. The first-order chi connectivity index (χ1) is 7.63. The van der Waals surface area contributed by atoms with E-state index in [2.05, 4.69) is 26.1 Å². The predicted octanol–water partition coefficient (Wildman–Crippen LogP) is 3.11. The van der Waals surface area contributed by atoms with E-state index in [9.17, 15) is 0 Å². The van der Waals surface area contributed by atoms with Crippen LogP contribution in [0, 0.1) is 5.41 Å². The highest BCUT2D eigenvalue weighted by molar-refractivity contribution is 4.95. The number of hydrogen-bond acceptors (Lipinski definition) is 2. The van der Waals surface area contributed by atoms with Crippen molar-refractivity contribution in [1.29, 1.82) is 0 Å². The van der Waals surface area contributed by atoms with E-state index in [4.69, 9.17) is 4.74 Å². The molecule has 2 atom stereocenters. The van der Waals surface area contributed by atoms with Crippen LogP contribution >= 0.6 is 0 Å². The van der Waals surface area contributed by atoms with Crippen LogP contribution in [-0.4, -0.2) is 24.8 Å². The van der Waals surface area contributed by atoms with E-state index in [1.54, 1.807) is 0 Å². The quantitative estimate of drug-likeness (QED) is 0.794. The first kappa shape index (κ1) is 12.4. The Labute approximate surface area is 100 Å². The molecule has 2 rings (SSSR count). The third-order valence-electron chi connectivity index (χ3n) is 4.37. The average molecular weight is 225 g/mol. The van der Waals surface area contributed by atoms with Crippen molar-refractivity contribution < 1.29 is 4.74 Å². The predicted molar refractivity (Wildman–Crippen MR) is 67.6 cm³/mol. The van der Waals surface area contributed by atoms with Crippen molar-refractivity contribution in [3.8, 4) is 0 Å². The second kappa shape index (κ2) is 5.05. The molecular weight excluding hydrogens is 198 g/mol. The lowest BCUT2D eigenvalue weighted by molar-refractivity contribution is -0.101. The zero-order valence-electron chi connectivity index (χ0n) is 11.1. The number of hydrogen-bond donors (Lipinski definition) is 1. The average Bonchev–Trinajstić information content (AvgIpc) is 2.16. The number of rotatable bonds is 4. The maximum Gasteiger partial charge on any atom is 0.0737 e. The van der Waals surface area contributed by atoms with E-state index < -0.39 is 0 Å². The highest BCUT2D eigenvalue weighted by Crippen LogP contribution is 2.38. The van der Waals surface area contributed by atoms with E-state index in [1.165, 1.54) is 38.5 Å². The van der Waals surface area contributed by atoms with Crippen LogP contribution in [-0.2, 0) is 4.74 Å². The topological polar surface area (TPSA) is 21.3 Å². The molecule has 0 bridgehead atoms. The molecule has 0 aromatic rings. The van der Waals surface area contributed by atoms with Gasteiger partial charge < -0.3 is 10.1 Å². The molecule has 1 N–H and O–H groups in total. The Morgan fingerprint density at radius 2 is 1.94 bits per heavy atom. The molecule has 0 spiro atoms. The summed E-state index contributed by atoms with van der Waals surface area (Å²) in [6.45, 7) is 8.02. The summed E-state index contributed by atoms with van der Waals surface area (Å²) in [5.41, 5.74) is 0.392. The van der Waals surface area contributed by atoms with Gasteiger partial charge in [0.05, 0.1) is 12.2 Å². The molecule has 0 aliphatic heterocycles. The Morgan fingerprint density at radius 1 is 1.19 bits per heavy atom. The van der Waals surface area contributed by atoms with Crippen LogP contribution in [0.1, 0.15) is 59.3 Å². The van der Waals surface area contributed by atoms with Gasteiger partial charge in [0, 0.05) is 6.04 Å². The van der Waals surface area contributed by atoms with Gasteiger partial charge in [0.25, 0.3) is 0 Å². The summed E-state index contributed by atoms with van der Waals surface area (Å²) in [6, 6.07) is 0.548. The van der Waals surface area contributed by atoms with Gasteiger partial charge in [-0.1, -0.05) is 27.2 Å². The molecule has 0 aromatic heterocycles. The molecule has 94 valence electrons. The third kappa shape index (κ3) is 2.60. The second-order valence-corrected chi connectivity index (χ2v) is 6.14. The monoisotopic (exact) mass is 225 g/mol. The molecule has 2 nitrogen and oxygen atoms in total. The summed E-state index contributed by atoms with van der Waals surface area (Å²) in [4.78, 5) is 0. The Kier molecular flexibility index (Phi) is 3.91. The fourth-order valence-electron chi connectivity index (χ4n) is 3.11. The van der Waals surface area contributed by atoms with Gasteiger partial charge in [-0.3, -0.25) is 0 Å². The Bertz CT molecular complexity index is 223. The molecule has 2 saturated carbocycles. The molecule has 0 amide bonds. The van der Waals surface area contributed by atoms with Crippen LogP contribution in [0.2, 0.25) is 0 Å². The summed E-state index contributed by atoms with van der Waals surface area (Å²) >= 11 is 0. The molecule has 16 heavy (non-hydrogen) atoms. The largest absolute Gasteiger partial charge is 0.373 e. The lowest BCUT2D eigenvalue weighted by Crippen LogP contribution is -2.54. The molecule has 2 fully saturated rings. The number of nitrogens with one attached hydrogen (secondary N) is 1. The highest BCUT2D eigenvalue weighted by atomic mass is 16.5. The van der Waals surface area contributed by atoms with Crippen molar-refractivity contribution >= 4 is 0 Å². The van der Waals surface area contributed by atoms with Gasteiger partial charge in [-0.05, 0) is 44.1 Å². The van der Waals surface area contributed by atoms with Crippen LogP contribution < -0.4 is 5.32 Å². The number of ether oxygens (including phenoxy) is 1. The minimum Gasteiger partial charge on any atom is -0.373 e. The van der Waals surface area contributed by atoms with Crippen molar-refractivity contribution in [1.82, 2.24) is 5.32 Å². The maximum absolute atomic E-state index is 6.27. The van der Waals surface area contributed by atoms with E-state index in [0.29, 0.717) is 23.7 Å². The maximum atomic E-state index is 6.27. The Balaban J connectivity index is 1.96. The van der Waals surface area contributed by atoms with Gasteiger partial charge in [-0.25, -0.2) is 0 Å². The number of likely N-dealkylation sites (N-methyl/N-ethyl adjacent to an activating group) is 1. The normalized spacial score (nSPS) is 34.7. The Hall–Kier alpha value is -0.0800. The molecule has 2 aliphatic carbocycles. The Morgan fingerprint density at radius 3 is 2.50 bits per heavy atom. The van der Waals surface area contributed by atoms with Crippen LogP contribution in [0.3, 0.4) is 0 Å². The van der Waals surface area contributed by atoms with Gasteiger partial charge in [0.15, 0.2) is 0 Å². The minimum absolute atomic E-state index is 0.392. The second-order valence-electron chi connectivity index (χ2n) is 6.14. The standard InChI is InChI=1S/C14H27NO/c1-4-15-13-12(16-11-7-5-8-11)9-6-10-14(13,2)3/h11-13,15H,4-10H2,1-3H3. The van der Waals surface area contributed by atoms with Gasteiger partial charge in [0.1, 0.15) is 0 Å². The highest BCUT2D eigenvalue weighted by Gasteiger charge is 2.40. The van der Waals surface area contributed by atoms with Gasteiger partial charge in [0.2, 0.25) is 0 Å². The van der Waals surface area contributed by atoms with Gasteiger partial charge in [-0.2, -0.15) is 0 Å². The van der Waals surface area contributed by atoms with Crippen LogP contribution in [0.4, 0.5) is 0 Å². The summed E-state index contributed by atoms with van der Waals surface area (Å²) in [5.74, 6) is 0. The molecule has 0 heterocycles. The van der Waals surface area contributed by atoms with Gasteiger partial charge >= 0.3 is 0 Å². The lowest BCUT2D eigenvalue weighted by atomic mass is 9.71. The lowest BCUT2D eigenvalue weighted by Gasteiger charge is -2.46. The van der Waals surface area contributed by atoms with Crippen LogP contribution in [0.5, 0.6) is 0 Å². The SMILES string of the molecule is CCNC1C(OC2CCC2)CCCC1(C)C. The van der Waals surface area contributed by atoms with Gasteiger partial charge in [-0.15, -0.1) is 0 Å². The van der Waals surface area contributed by atoms with Crippen LogP contribution in [0.15, 0.2) is 0 Å². The van der Waals surface area contributed by atoms with Crippen molar-refractivity contribution in [2.24, 2.45) is 5.41 Å².